The first-order valence-corrected chi connectivity index (χ1v) is 9.86. The molecule has 0 unspecified atom stereocenters. The highest BCUT2D eigenvalue weighted by molar-refractivity contribution is 7.89. The molecule has 3 rings (SSSR count). The van der Waals surface area contributed by atoms with Gasteiger partial charge in [-0.05, 0) is 46.0 Å². The number of likely N-dealkylation sites (N-methyl/N-ethyl adjacent to an activating group) is 1. The molecular weight excluding hydrogens is 338 g/mol. The first-order chi connectivity index (χ1) is 11.8. The number of nitrogens with zero attached hydrogens (tertiary/aromatic N) is 4. The third-order valence-electron chi connectivity index (χ3n) is 4.87. The van der Waals surface area contributed by atoms with Gasteiger partial charge in [0.1, 0.15) is 5.82 Å². The minimum Gasteiger partial charge on any atom is -0.304 e. The van der Waals surface area contributed by atoms with E-state index in [4.69, 9.17) is 0 Å². The molecule has 0 radical (unpaired) electrons. The summed E-state index contributed by atoms with van der Waals surface area (Å²) in [7, 11) is 0.445. The van der Waals surface area contributed by atoms with Gasteiger partial charge in [-0.3, -0.25) is 5.10 Å². The number of sulfonamides is 1. The van der Waals surface area contributed by atoms with Crippen molar-refractivity contribution in [3.8, 4) is 0 Å². The second kappa shape index (κ2) is 6.86. The molecular formula is C17H25N5O2S. The zero-order chi connectivity index (χ0) is 18.2. The molecule has 2 aromatic rings. The smallest absolute Gasteiger partial charge is 0.243 e. The molecule has 25 heavy (non-hydrogen) atoms. The molecule has 7 nitrogen and oxygen atoms in total. The fourth-order valence-corrected chi connectivity index (χ4v) is 5.15. The van der Waals surface area contributed by atoms with Crippen molar-refractivity contribution < 1.29 is 8.42 Å². The third kappa shape index (κ3) is 3.47. The van der Waals surface area contributed by atoms with Crippen molar-refractivity contribution in [1.29, 1.82) is 0 Å². The van der Waals surface area contributed by atoms with Crippen LogP contribution >= 0.6 is 0 Å². The van der Waals surface area contributed by atoms with Crippen molar-refractivity contribution in [2.24, 2.45) is 0 Å². The van der Waals surface area contributed by atoms with Crippen LogP contribution in [-0.4, -0.2) is 66.0 Å². The van der Waals surface area contributed by atoms with Crippen molar-refractivity contribution >= 4 is 10.0 Å². The van der Waals surface area contributed by atoms with E-state index < -0.39 is 10.0 Å². The van der Waals surface area contributed by atoms with Gasteiger partial charge >= 0.3 is 0 Å². The molecule has 0 amide bonds. The Kier molecular flexibility index (Phi) is 4.95. The summed E-state index contributed by atoms with van der Waals surface area (Å²) >= 11 is 0. The monoisotopic (exact) mass is 363 g/mol. The highest BCUT2D eigenvalue weighted by Gasteiger charge is 2.39. The van der Waals surface area contributed by atoms with Crippen LogP contribution in [0.15, 0.2) is 29.2 Å². The Balaban J connectivity index is 1.88. The standard InChI is InChI=1S/C17H25N5O2S/c1-12-7-5-6-8-16(12)25(23,24)22-10-9-14(15(11-22)21(3)4)17-18-13(2)19-20-17/h5-8,14-15H,9-11H2,1-4H3,(H,18,19,20)/t14-,15+/m0/s1. The molecule has 0 bridgehead atoms. The van der Waals surface area contributed by atoms with E-state index in [0.717, 1.165) is 17.2 Å². The Hall–Kier alpha value is -1.77. The van der Waals surface area contributed by atoms with Crippen LogP contribution in [0, 0.1) is 13.8 Å². The lowest BCUT2D eigenvalue weighted by Crippen LogP contribution is -2.51. The van der Waals surface area contributed by atoms with E-state index in [9.17, 15) is 8.42 Å². The van der Waals surface area contributed by atoms with Gasteiger partial charge in [-0.15, -0.1) is 0 Å². The zero-order valence-electron chi connectivity index (χ0n) is 15.1. The second-order valence-corrected chi connectivity index (χ2v) is 8.74. The van der Waals surface area contributed by atoms with E-state index in [1.54, 1.807) is 16.4 Å². The number of aromatic amines is 1. The minimum absolute atomic E-state index is 0.0303. The van der Waals surface area contributed by atoms with Crippen LogP contribution in [0.3, 0.4) is 0 Å². The number of hydrogen-bond acceptors (Lipinski definition) is 5. The number of nitrogens with one attached hydrogen (secondary N) is 1. The third-order valence-corrected chi connectivity index (χ3v) is 6.89. The first kappa shape index (κ1) is 18.0. The molecule has 2 atom stereocenters. The van der Waals surface area contributed by atoms with Crippen LogP contribution < -0.4 is 0 Å². The fraction of sp³-hybridized carbons (Fsp3) is 0.529. The van der Waals surface area contributed by atoms with E-state index in [1.807, 2.05) is 40.1 Å². The molecule has 136 valence electrons. The molecule has 1 fully saturated rings. The fourth-order valence-electron chi connectivity index (χ4n) is 3.46. The first-order valence-electron chi connectivity index (χ1n) is 8.42. The summed E-state index contributed by atoms with van der Waals surface area (Å²) in [4.78, 5) is 6.92. The van der Waals surface area contributed by atoms with Gasteiger partial charge in [-0.25, -0.2) is 13.4 Å². The largest absolute Gasteiger partial charge is 0.304 e. The summed E-state index contributed by atoms with van der Waals surface area (Å²) in [6, 6.07) is 7.17. The molecule has 8 heteroatoms. The average Bonchev–Trinajstić information content (AvgIpc) is 3.00. The maximum absolute atomic E-state index is 13.1. The van der Waals surface area contributed by atoms with Crippen LogP contribution in [0.2, 0.25) is 0 Å². The number of hydrogen-bond donors (Lipinski definition) is 1. The van der Waals surface area contributed by atoms with E-state index in [2.05, 4.69) is 20.1 Å². The van der Waals surface area contributed by atoms with Gasteiger partial charge < -0.3 is 4.90 Å². The highest BCUT2D eigenvalue weighted by atomic mass is 32.2. The van der Waals surface area contributed by atoms with Crippen molar-refractivity contribution in [3.63, 3.8) is 0 Å². The summed E-state index contributed by atoms with van der Waals surface area (Å²) in [6.07, 6.45) is 0.700. The van der Waals surface area contributed by atoms with Gasteiger partial charge in [0, 0.05) is 25.0 Å². The minimum atomic E-state index is -3.50. The molecule has 1 saturated heterocycles. The van der Waals surface area contributed by atoms with Crippen molar-refractivity contribution in [1.82, 2.24) is 24.4 Å². The van der Waals surface area contributed by atoms with Gasteiger partial charge in [-0.2, -0.15) is 9.40 Å². The van der Waals surface area contributed by atoms with Gasteiger partial charge in [-0.1, -0.05) is 18.2 Å². The van der Waals surface area contributed by atoms with E-state index in [-0.39, 0.29) is 12.0 Å². The lowest BCUT2D eigenvalue weighted by atomic mass is 9.91. The summed E-state index contributed by atoms with van der Waals surface area (Å²) < 4.78 is 27.8. The molecule has 1 aliphatic rings. The number of benzene rings is 1. The van der Waals surface area contributed by atoms with Crippen LogP contribution in [0.25, 0.3) is 0 Å². The number of piperidine rings is 1. The van der Waals surface area contributed by atoms with Crippen molar-refractivity contribution in [2.45, 2.75) is 37.1 Å². The average molecular weight is 363 g/mol. The molecule has 2 heterocycles. The lowest BCUT2D eigenvalue weighted by Gasteiger charge is -2.40. The molecule has 0 saturated carbocycles. The molecule has 0 spiro atoms. The Labute approximate surface area is 149 Å². The van der Waals surface area contributed by atoms with Gasteiger partial charge in [0.05, 0.1) is 4.90 Å². The number of aromatic nitrogens is 3. The predicted molar refractivity (Wildman–Crippen MR) is 95.9 cm³/mol. The maximum atomic E-state index is 13.1. The molecule has 1 N–H and O–H groups in total. The normalized spacial score (nSPS) is 22.4. The molecule has 1 aromatic carbocycles. The van der Waals surface area contributed by atoms with E-state index in [1.165, 1.54) is 0 Å². The van der Waals surface area contributed by atoms with Gasteiger partial charge in [0.2, 0.25) is 10.0 Å². The van der Waals surface area contributed by atoms with Crippen molar-refractivity contribution in [3.05, 3.63) is 41.5 Å². The quantitative estimate of drug-likeness (QED) is 0.891. The number of aryl methyl sites for hydroxylation is 2. The van der Waals surface area contributed by atoms with Crippen LogP contribution in [-0.2, 0) is 10.0 Å². The van der Waals surface area contributed by atoms with E-state index >= 15 is 0 Å². The Morgan fingerprint density at radius 3 is 2.56 bits per heavy atom. The van der Waals surface area contributed by atoms with Crippen LogP contribution in [0.5, 0.6) is 0 Å². The lowest BCUT2D eigenvalue weighted by molar-refractivity contribution is 0.161. The SMILES string of the molecule is Cc1nc([C@H]2CCN(S(=O)(=O)c3ccccc3C)C[C@H]2N(C)C)n[nH]1. The van der Waals surface area contributed by atoms with Gasteiger partial charge in [0.15, 0.2) is 5.82 Å². The Bertz CT molecular complexity index is 846. The summed E-state index contributed by atoms with van der Waals surface area (Å²) in [5.74, 6) is 1.66. The summed E-state index contributed by atoms with van der Waals surface area (Å²) in [5.41, 5.74) is 0.774. The maximum Gasteiger partial charge on any atom is 0.243 e. The topological polar surface area (TPSA) is 82.2 Å². The predicted octanol–water partition coefficient (Wildman–Crippen LogP) is 1.53. The zero-order valence-corrected chi connectivity index (χ0v) is 15.9. The molecule has 1 aromatic heterocycles. The van der Waals surface area contributed by atoms with Crippen LogP contribution in [0.1, 0.15) is 29.6 Å². The summed E-state index contributed by atoms with van der Waals surface area (Å²) in [6.45, 7) is 4.61. The molecule has 1 aliphatic heterocycles. The van der Waals surface area contributed by atoms with Crippen LogP contribution in [0.4, 0.5) is 0 Å². The Morgan fingerprint density at radius 1 is 1.24 bits per heavy atom. The van der Waals surface area contributed by atoms with Gasteiger partial charge in [0.25, 0.3) is 0 Å². The Morgan fingerprint density at radius 2 is 1.96 bits per heavy atom. The van der Waals surface area contributed by atoms with Crippen molar-refractivity contribution in [2.75, 3.05) is 27.2 Å². The molecule has 0 aliphatic carbocycles. The highest BCUT2D eigenvalue weighted by Crippen LogP contribution is 2.32. The second-order valence-electron chi connectivity index (χ2n) is 6.83. The summed E-state index contributed by atoms with van der Waals surface area (Å²) in [5, 5.41) is 7.19. The van der Waals surface area contributed by atoms with E-state index in [0.29, 0.717) is 24.4 Å². The number of rotatable bonds is 4. The number of H-pyrrole nitrogens is 1.